The number of nitrogens with one attached hydrogen (secondary N) is 1. The lowest BCUT2D eigenvalue weighted by Crippen LogP contribution is -2.40. The molecule has 1 saturated carbocycles. The molecular formula is C12H12ClFN2O3. The normalized spacial score (nSPS) is 14.0. The van der Waals surface area contributed by atoms with E-state index in [1.165, 1.54) is 17.0 Å². The van der Waals surface area contributed by atoms with E-state index in [1.54, 1.807) is 0 Å². The van der Waals surface area contributed by atoms with Crippen molar-refractivity contribution < 1.29 is 19.1 Å². The summed E-state index contributed by atoms with van der Waals surface area (Å²) >= 11 is 5.60. The first-order chi connectivity index (χ1) is 8.97. The molecule has 1 aliphatic rings. The maximum absolute atomic E-state index is 13.0. The number of amides is 2. The Kier molecular flexibility index (Phi) is 3.90. The van der Waals surface area contributed by atoms with Gasteiger partial charge in [0.2, 0.25) is 0 Å². The van der Waals surface area contributed by atoms with Gasteiger partial charge in [-0.2, -0.15) is 0 Å². The van der Waals surface area contributed by atoms with Crippen LogP contribution in [0.1, 0.15) is 12.8 Å². The van der Waals surface area contributed by atoms with Crippen LogP contribution in [0.4, 0.5) is 14.9 Å². The number of nitrogens with zero attached hydrogens (tertiary/aromatic N) is 1. The molecule has 1 aliphatic carbocycles. The summed E-state index contributed by atoms with van der Waals surface area (Å²) in [5, 5.41) is 11.2. The van der Waals surface area contributed by atoms with Crippen LogP contribution in [0.15, 0.2) is 18.2 Å². The lowest BCUT2D eigenvalue weighted by molar-refractivity contribution is -0.137. The highest BCUT2D eigenvalue weighted by Gasteiger charge is 2.33. The predicted molar refractivity (Wildman–Crippen MR) is 67.8 cm³/mol. The first-order valence-electron chi connectivity index (χ1n) is 5.72. The molecule has 2 rings (SSSR count). The zero-order valence-electron chi connectivity index (χ0n) is 9.90. The van der Waals surface area contributed by atoms with Gasteiger partial charge in [-0.25, -0.2) is 9.18 Å². The van der Waals surface area contributed by atoms with E-state index in [0.29, 0.717) is 5.69 Å². The van der Waals surface area contributed by atoms with Crippen molar-refractivity contribution in [2.24, 2.45) is 0 Å². The highest BCUT2D eigenvalue weighted by Crippen LogP contribution is 2.27. The van der Waals surface area contributed by atoms with Crippen LogP contribution in [0.2, 0.25) is 5.02 Å². The van der Waals surface area contributed by atoms with E-state index in [2.05, 4.69) is 5.32 Å². The van der Waals surface area contributed by atoms with Crippen LogP contribution in [0.5, 0.6) is 0 Å². The topological polar surface area (TPSA) is 69.6 Å². The number of hydrogen-bond donors (Lipinski definition) is 2. The Morgan fingerprint density at radius 2 is 2.16 bits per heavy atom. The number of aliphatic carboxylic acids is 1. The van der Waals surface area contributed by atoms with E-state index in [4.69, 9.17) is 16.7 Å². The number of carbonyl (C=O) groups is 2. The number of halogens is 2. The second-order valence-corrected chi connectivity index (χ2v) is 4.72. The molecule has 102 valence electrons. The number of hydrogen-bond acceptors (Lipinski definition) is 2. The van der Waals surface area contributed by atoms with Crippen LogP contribution in [0.3, 0.4) is 0 Å². The van der Waals surface area contributed by atoms with Crippen molar-refractivity contribution in [3.63, 3.8) is 0 Å². The average molecular weight is 287 g/mol. The summed E-state index contributed by atoms with van der Waals surface area (Å²) in [5.74, 6) is -1.65. The van der Waals surface area contributed by atoms with Crippen molar-refractivity contribution in [1.82, 2.24) is 4.90 Å². The molecule has 0 heterocycles. The third kappa shape index (κ3) is 3.57. The third-order valence-corrected chi connectivity index (χ3v) is 3.01. The van der Waals surface area contributed by atoms with Gasteiger partial charge in [0.25, 0.3) is 0 Å². The van der Waals surface area contributed by atoms with E-state index in [-0.39, 0.29) is 17.6 Å². The molecule has 2 amide bonds. The second kappa shape index (κ2) is 5.44. The Bertz CT molecular complexity index is 520. The predicted octanol–water partition coefficient (Wildman–Crippen LogP) is 2.56. The minimum absolute atomic E-state index is 0.0352. The molecule has 0 saturated heterocycles. The van der Waals surface area contributed by atoms with Crippen LogP contribution in [-0.2, 0) is 4.79 Å². The van der Waals surface area contributed by atoms with Crippen LogP contribution < -0.4 is 5.32 Å². The number of urea groups is 1. The Morgan fingerprint density at radius 1 is 1.47 bits per heavy atom. The van der Waals surface area contributed by atoms with Crippen LogP contribution in [0, 0.1) is 5.82 Å². The smallest absolute Gasteiger partial charge is 0.323 e. The SMILES string of the molecule is O=C(O)CN(C(=O)Nc1ccc(F)c(Cl)c1)C1CC1. The molecule has 0 radical (unpaired) electrons. The van der Waals surface area contributed by atoms with E-state index in [1.807, 2.05) is 0 Å². The van der Waals surface area contributed by atoms with Crippen LogP contribution in [-0.4, -0.2) is 34.6 Å². The fourth-order valence-corrected chi connectivity index (χ4v) is 1.85. The summed E-state index contributed by atoms with van der Waals surface area (Å²) in [5.41, 5.74) is 0.326. The van der Waals surface area contributed by atoms with E-state index < -0.39 is 17.8 Å². The zero-order chi connectivity index (χ0) is 14.0. The molecule has 1 fully saturated rings. The molecule has 1 aromatic carbocycles. The summed E-state index contributed by atoms with van der Waals surface area (Å²) in [7, 11) is 0. The molecular weight excluding hydrogens is 275 g/mol. The molecule has 0 unspecified atom stereocenters. The zero-order valence-corrected chi connectivity index (χ0v) is 10.7. The minimum atomic E-state index is -1.07. The van der Waals surface area contributed by atoms with Crippen molar-refractivity contribution in [2.75, 3.05) is 11.9 Å². The van der Waals surface area contributed by atoms with Gasteiger partial charge in [0.15, 0.2) is 0 Å². The lowest BCUT2D eigenvalue weighted by atomic mass is 10.3. The van der Waals surface area contributed by atoms with Gasteiger partial charge in [0.05, 0.1) is 5.02 Å². The fourth-order valence-electron chi connectivity index (χ4n) is 1.67. The molecule has 19 heavy (non-hydrogen) atoms. The average Bonchev–Trinajstić information content (AvgIpc) is 3.14. The number of anilines is 1. The Labute approximate surface area is 114 Å². The van der Waals surface area contributed by atoms with Gasteiger partial charge in [-0.15, -0.1) is 0 Å². The van der Waals surface area contributed by atoms with Gasteiger partial charge >= 0.3 is 12.0 Å². The Morgan fingerprint density at radius 3 is 2.68 bits per heavy atom. The molecule has 0 spiro atoms. The number of carboxylic acid groups (broad SMARTS) is 1. The largest absolute Gasteiger partial charge is 0.480 e. The summed E-state index contributed by atoms with van der Waals surface area (Å²) in [4.78, 5) is 23.9. The number of carbonyl (C=O) groups excluding carboxylic acids is 1. The molecule has 7 heteroatoms. The number of benzene rings is 1. The first-order valence-corrected chi connectivity index (χ1v) is 6.09. The summed E-state index contributed by atoms with van der Waals surface area (Å²) in [6.45, 7) is -0.356. The summed E-state index contributed by atoms with van der Waals surface area (Å²) in [6, 6.07) is 3.22. The molecule has 0 aromatic heterocycles. The summed E-state index contributed by atoms with van der Waals surface area (Å²) < 4.78 is 13.0. The van der Waals surface area contributed by atoms with Crippen molar-refractivity contribution >= 4 is 29.3 Å². The van der Waals surface area contributed by atoms with Gasteiger partial charge in [-0.1, -0.05) is 11.6 Å². The van der Waals surface area contributed by atoms with Gasteiger partial charge < -0.3 is 15.3 Å². The van der Waals surface area contributed by atoms with Crippen molar-refractivity contribution in [3.8, 4) is 0 Å². The second-order valence-electron chi connectivity index (χ2n) is 4.31. The minimum Gasteiger partial charge on any atom is -0.480 e. The molecule has 1 aromatic rings. The van der Waals surface area contributed by atoms with Crippen molar-refractivity contribution in [2.45, 2.75) is 18.9 Å². The molecule has 0 bridgehead atoms. The maximum atomic E-state index is 13.0. The Balaban J connectivity index is 2.05. The highest BCUT2D eigenvalue weighted by molar-refractivity contribution is 6.31. The Hall–Kier alpha value is -1.82. The summed E-state index contributed by atoms with van der Waals surface area (Å²) in [6.07, 6.45) is 1.59. The highest BCUT2D eigenvalue weighted by atomic mass is 35.5. The van der Waals surface area contributed by atoms with Crippen molar-refractivity contribution in [1.29, 1.82) is 0 Å². The van der Waals surface area contributed by atoms with E-state index in [0.717, 1.165) is 18.9 Å². The van der Waals surface area contributed by atoms with E-state index >= 15 is 0 Å². The first kappa shape index (κ1) is 13.6. The van der Waals surface area contributed by atoms with Gasteiger partial charge in [0, 0.05) is 11.7 Å². The molecule has 0 atom stereocenters. The third-order valence-electron chi connectivity index (χ3n) is 2.72. The van der Waals surface area contributed by atoms with Gasteiger partial charge in [0.1, 0.15) is 12.4 Å². The van der Waals surface area contributed by atoms with E-state index in [9.17, 15) is 14.0 Å². The number of rotatable bonds is 4. The monoisotopic (exact) mass is 286 g/mol. The van der Waals surface area contributed by atoms with Crippen molar-refractivity contribution in [3.05, 3.63) is 29.0 Å². The molecule has 5 nitrogen and oxygen atoms in total. The number of carboxylic acids is 1. The van der Waals surface area contributed by atoms with Gasteiger partial charge in [-0.3, -0.25) is 4.79 Å². The molecule has 0 aliphatic heterocycles. The van der Waals surface area contributed by atoms with Gasteiger partial charge in [-0.05, 0) is 31.0 Å². The lowest BCUT2D eigenvalue weighted by Gasteiger charge is -2.20. The maximum Gasteiger partial charge on any atom is 0.323 e. The molecule has 2 N–H and O–H groups in total. The van der Waals surface area contributed by atoms with Crippen LogP contribution in [0.25, 0.3) is 0 Å². The standard InChI is InChI=1S/C12H12ClFN2O3/c13-9-5-7(1-4-10(9)14)15-12(19)16(6-11(17)18)8-2-3-8/h1,4-5,8H,2-3,6H2,(H,15,19)(H,17,18). The fraction of sp³-hybridized carbons (Fsp3) is 0.333. The van der Waals surface area contributed by atoms with Crippen LogP contribution >= 0.6 is 11.6 Å². The quantitative estimate of drug-likeness (QED) is 0.894.